The second-order valence-electron chi connectivity index (χ2n) is 16.1. The molecule has 2 aliphatic heterocycles. The molecule has 0 atom stereocenters. The molecule has 0 radical (unpaired) electrons. The number of ether oxygens (including phenoxy) is 1. The Morgan fingerprint density at radius 2 is 1.58 bits per heavy atom. The molecule has 0 saturated carbocycles. The summed E-state index contributed by atoms with van der Waals surface area (Å²) in [5, 5.41) is 2.26. The van der Waals surface area contributed by atoms with E-state index in [0.29, 0.717) is 11.5 Å². The number of hydrogen-bond acceptors (Lipinski definition) is 5. The maximum atomic E-state index is 6.71. The molecule has 0 fully saturated rings. The van der Waals surface area contributed by atoms with E-state index in [1.807, 2.05) is 12.3 Å². The number of hydrogen-bond donors (Lipinski definition) is 0. The van der Waals surface area contributed by atoms with Crippen molar-refractivity contribution >= 4 is 49.9 Å². The third kappa shape index (κ3) is 5.78. The molecule has 0 amide bonds. The zero-order valence-electron chi connectivity index (χ0n) is 30.8. The van der Waals surface area contributed by atoms with Gasteiger partial charge in [-0.15, -0.1) is 47.0 Å². The third-order valence-corrected chi connectivity index (χ3v) is 10.5. The SMILES string of the molecule is CN1[CH-]N(c2[c-]c(Oc3[c-]c4c(cc3)c3ccccc3n4-c3cc(C(C)(C)C)ccn3)cc(C(C)(C)C)c2)c2cc3nc4n(c3cc21)CCCC4.[Pt]. The summed E-state index contributed by atoms with van der Waals surface area (Å²) in [6.45, 7) is 16.6. The number of fused-ring (bicyclic) bond motifs is 7. The molecule has 0 saturated heterocycles. The first-order valence-corrected chi connectivity index (χ1v) is 18.0. The predicted octanol–water partition coefficient (Wildman–Crippen LogP) is 10.6. The molecule has 7 aromatic rings. The second-order valence-corrected chi connectivity index (χ2v) is 16.1. The number of aryl methyl sites for hydroxylation is 2. The normalized spacial score (nSPS) is 14.6. The number of benzene rings is 4. The Morgan fingerprint density at radius 3 is 2.38 bits per heavy atom. The summed E-state index contributed by atoms with van der Waals surface area (Å²) in [7, 11) is 2.11. The van der Waals surface area contributed by atoms with Crippen LogP contribution < -0.4 is 14.5 Å². The van der Waals surface area contributed by atoms with Gasteiger partial charge in [-0.1, -0.05) is 65.3 Å². The van der Waals surface area contributed by atoms with Crippen LogP contribution in [-0.2, 0) is 44.9 Å². The molecule has 2 aliphatic rings. The number of rotatable bonds is 4. The summed E-state index contributed by atoms with van der Waals surface area (Å²) >= 11 is 0. The summed E-state index contributed by atoms with van der Waals surface area (Å²) in [6.07, 6.45) is 5.35. The van der Waals surface area contributed by atoms with E-state index in [1.165, 1.54) is 29.7 Å². The molecule has 9 rings (SSSR count). The molecule has 0 N–H and O–H groups in total. The van der Waals surface area contributed by atoms with Crippen molar-refractivity contribution in [2.45, 2.75) is 78.2 Å². The Balaban J connectivity index is 0.00000387. The molecule has 0 aliphatic carbocycles. The van der Waals surface area contributed by atoms with Crippen LogP contribution in [0.1, 0.15) is 71.3 Å². The van der Waals surface area contributed by atoms with Gasteiger partial charge in [0.1, 0.15) is 11.6 Å². The van der Waals surface area contributed by atoms with Crippen molar-refractivity contribution in [3.8, 4) is 17.3 Å². The Morgan fingerprint density at radius 1 is 0.769 bits per heavy atom. The average Bonchev–Trinajstić information content (AvgIpc) is 3.75. The number of para-hydroxylation sites is 1. The summed E-state index contributed by atoms with van der Waals surface area (Å²) in [4.78, 5) is 14.3. The first kappa shape index (κ1) is 34.5. The van der Waals surface area contributed by atoms with Crippen LogP contribution in [-0.4, -0.2) is 26.1 Å². The number of aromatic nitrogens is 4. The van der Waals surface area contributed by atoms with Gasteiger partial charge in [-0.05, 0) is 72.0 Å². The van der Waals surface area contributed by atoms with Crippen molar-refractivity contribution in [3.63, 3.8) is 0 Å². The van der Waals surface area contributed by atoms with E-state index < -0.39 is 0 Å². The van der Waals surface area contributed by atoms with Gasteiger partial charge in [0.05, 0.1) is 11.0 Å². The Bertz CT molecular complexity index is 2500. The van der Waals surface area contributed by atoms with Gasteiger partial charge < -0.3 is 23.7 Å². The van der Waals surface area contributed by atoms with E-state index in [-0.39, 0.29) is 31.9 Å². The minimum Gasteiger partial charge on any atom is -0.509 e. The first-order valence-electron chi connectivity index (χ1n) is 18.0. The fourth-order valence-electron chi connectivity index (χ4n) is 7.60. The average molecular weight is 867 g/mol. The topological polar surface area (TPSA) is 51.4 Å². The zero-order valence-corrected chi connectivity index (χ0v) is 33.1. The number of anilines is 3. The van der Waals surface area contributed by atoms with E-state index in [0.717, 1.165) is 68.7 Å². The molecule has 7 nitrogen and oxygen atoms in total. The van der Waals surface area contributed by atoms with Crippen molar-refractivity contribution < 1.29 is 25.8 Å². The number of nitrogens with zero attached hydrogens (tertiary/aromatic N) is 6. The van der Waals surface area contributed by atoms with E-state index in [4.69, 9.17) is 14.7 Å². The predicted molar refractivity (Wildman–Crippen MR) is 208 cm³/mol. The van der Waals surface area contributed by atoms with Crippen LogP contribution in [0, 0.1) is 18.8 Å². The monoisotopic (exact) mass is 866 g/mol. The van der Waals surface area contributed by atoms with Gasteiger partial charge in [-0.2, -0.15) is 12.7 Å². The number of pyridine rings is 1. The fraction of sp³-hybridized carbons (Fsp3) is 0.295. The summed E-state index contributed by atoms with van der Waals surface area (Å²) < 4.78 is 11.3. The van der Waals surface area contributed by atoms with Crippen LogP contribution in [0.4, 0.5) is 17.1 Å². The fourth-order valence-corrected chi connectivity index (χ4v) is 7.60. The first-order chi connectivity index (χ1) is 24.4. The maximum absolute atomic E-state index is 6.71. The van der Waals surface area contributed by atoms with Crippen molar-refractivity contribution in [3.05, 3.63) is 115 Å². The van der Waals surface area contributed by atoms with Crippen LogP contribution in [0.25, 0.3) is 38.7 Å². The molecule has 0 bridgehead atoms. The molecule has 8 heteroatoms. The smallest absolute Gasteiger partial charge is 0.135 e. The van der Waals surface area contributed by atoms with Gasteiger partial charge in [0.25, 0.3) is 0 Å². The molecule has 3 aromatic heterocycles. The van der Waals surface area contributed by atoms with Crippen molar-refractivity contribution in [1.29, 1.82) is 0 Å². The van der Waals surface area contributed by atoms with Gasteiger partial charge in [-0.3, -0.25) is 0 Å². The summed E-state index contributed by atoms with van der Waals surface area (Å²) in [5.74, 6) is 3.33. The molecule has 5 heterocycles. The zero-order chi connectivity index (χ0) is 35.2. The van der Waals surface area contributed by atoms with Crippen LogP contribution in [0.15, 0.2) is 79.0 Å². The van der Waals surface area contributed by atoms with E-state index in [2.05, 4.69) is 153 Å². The van der Waals surface area contributed by atoms with Crippen molar-refractivity contribution in [2.24, 2.45) is 0 Å². The quantitative estimate of drug-likeness (QED) is 0.165. The van der Waals surface area contributed by atoms with Gasteiger partial charge in [0.15, 0.2) is 0 Å². The largest absolute Gasteiger partial charge is 0.509 e. The second kappa shape index (κ2) is 12.5. The minimum absolute atomic E-state index is 0. The number of imidazole rings is 1. The van der Waals surface area contributed by atoms with Gasteiger partial charge >= 0.3 is 0 Å². The van der Waals surface area contributed by atoms with Crippen LogP contribution in [0.2, 0.25) is 0 Å². The van der Waals surface area contributed by atoms with E-state index >= 15 is 0 Å². The molecule has 0 spiro atoms. The Hall–Kier alpha value is -4.61. The molecule has 0 unspecified atom stereocenters. The van der Waals surface area contributed by atoms with Crippen molar-refractivity contribution in [1.82, 2.24) is 19.1 Å². The van der Waals surface area contributed by atoms with Crippen molar-refractivity contribution in [2.75, 3.05) is 16.8 Å². The Labute approximate surface area is 320 Å². The molecular weight excluding hydrogens is 824 g/mol. The molecular formula is C44H43N6OPt-3. The van der Waals surface area contributed by atoms with E-state index in [9.17, 15) is 0 Å². The van der Waals surface area contributed by atoms with Crippen LogP contribution in [0.3, 0.4) is 0 Å². The summed E-state index contributed by atoms with van der Waals surface area (Å²) in [6, 6.07) is 33.1. The minimum atomic E-state index is -0.118. The third-order valence-electron chi connectivity index (χ3n) is 10.5. The maximum Gasteiger partial charge on any atom is 0.135 e. The van der Waals surface area contributed by atoms with Crippen LogP contribution in [0.5, 0.6) is 11.5 Å². The van der Waals surface area contributed by atoms with E-state index in [1.54, 1.807) is 0 Å². The summed E-state index contributed by atoms with van der Waals surface area (Å²) in [5.41, 5.74) is 9.70. The van der Waals surface area contributed by atoms with Gasteiger partial charge in [-0.25, -0.2) is 9.97 Å². The van der Waals surface area contributed by atoms with Gasteiger partial charge in [0.2, 0.25) is 0 Å². The standard InChI is InChI=1S/C44H43N6O.Pt/c1-43(2,3)28-17-18-45-42(22-28)50-36-13-9-8-12-33(36)34-16-15-31(24-37(34)50)51-32-21-29(44(4,5)6)20-30(23-32)49-27-47(7)39-26-38-35(25-40(39)49)46-41-14-10-11-19-48(38)41;/h8-9,12-13,15-18,20-22,25-27H,10-11,14,19H2,1-7H3;/q-3;. The Kier molecular flexibility index (Phi) is 8.30. The van der Waals surface area contributed by atoms with Crippen LogP contribution >= 0.6 is 0 Å². The molecule has 268 valence electrons. The molecule has 52 heavy (non-hydrogen) atoms. The van der Waals surface area contributed by atoms with Gasteiger partial charge in [0, 0.05) is 68.6 Å². The molecule has 4 aromatic carbocycles.